The van der Waals surface area contributed by atoms with Crippen molar-refractivity contribution >= 4 is 11.6 Å². The number of rotatable bonds is 4. The fraction of sp³-hybridized carbons (Fsp3) is 0.174. The molecule has 5 heteroatoms. The molecule has 0 saturated heterocycles. The van der Waals surface area contributed by atoms with Gasteiger partial charge in [0.05, 0.1) is 5.56 Å². The quantitative estimate of drug-likeness (QED) is 0.534. The second-order valence-electron chi connectivity index (χ2n) is 6.60. The van der Waals surface area contributed by atoms with Crippen LogP contribution >= 0.6 is 0 Å². The molecule has 0 aliphatic heterocycles. The summed E-state index contributed by atoms with van der Waals surface area (Å²) in [6, 6.07) is 18.5. The number of aryl methyl sites for hydroxylation is 1. The Morgan fingerprint density at radius 3 is 2.00 bits per heavy atom. The lowest BCUT2D eigenvalue weighted by molar-refractivity contribution is -0.137. The van der Waals surface area contributed by atoms with Gasteiger partial charge in [-0.15, -0.1) is 0 Å². The smallest absolute Gasteiger partial charge is 0.326 e. The molecule has 3 aromatic rings. The SMILES string of the molecule is CCC(=O)Nc1cc(-c2ccc(C(F)(F)F)cc2)ccc1-c1ccc(C)cc1. The Kier molecular flexibility index (Phi) is 5.54. The highest BCUT2D eigenvalue weighted by Gasteiger charge is 2.30. The van der Waals surface area contributed by atoms with Gasteiger partial charge in [0.15, 0.2) is 0 Å². The number of nitrogens with one attached hydrogen (secondary N) is 1. The van der Waals surface area contributed by atoms with Crippen molar-refractivity contribution in [3.05, 3.63) is 77.9 Å². The molecule has 0 radical (unpaired) electrons. The van der Waals surface area contributed by atoms with Gasteiger partial charge in [0, 0.05) is 17.7 Å². The second-order valence-corrected chi connectivity index (χ2v) is 6.60. The predicted molar refractivity (Wildman–Crippen MR) is 106 cm³/mol. The summed E-state index contributed by atoms with van der Waals surface area (Å²) in [4.78, 5) is 12.0. The van der Waals surface area contributed by atoms with Crippen LogP contribution in [0.25, 0.3) is 22.3 Å². The summed E-state index contributed by atoms with van der Waals surface area (Å²) >= 11 is 0. The highest BCUT2D eigenvalue weighted by molar-refractivity contribution is 5.96. The summed E-state index contributed by atoms with van der Waals surface area (Å²) in [6.45, 7) is 3.76. The van der Waals surface area contributed by atoms with Crippen molar-refractivity contribution in [1.82, 2.24) is 0 Å². The highest BCUT2D eigenvalue weighted by Crippen LogP contribution is 2.35. The van der Waals surface area contributed by atoms with Gasteiger partial charge < -0.3 is 5.32 Å². The van der Waals surface area contributed by atoms with E-state index in [4.69, 9.17) is 0 Å². The third-order valence-corrected chi connectivity index (χ3v) is 4.52. The molecule has 0 bridgehead atoms. The van der Waals surface area contributed by atoms with Gasteiger partial charge in [0.1, 0.15) is 0 Å². The van der Waals surface area contributed by atoms with Crippen molar-refractivity contribution in [3.63, 3.8) is 0 Å². The first kappa shape index (κ1) is 19.7. The van der Waals surface area contributed by atoms with Crippen molar-refractivity contribution in [3.8, 4) is 22.3 Å². The van der Waals surface area contributed by atoms with Crippen LogP contribution in [-0.4, -0.2) is 5.91 Å². The first-order valence-electron chi connectivity index (χ1n) is 8.96. The van der Waals surface area contributed by atoms with E-state index in [0.717, 1.165) is 34.4 Å². The summed E-state index contributed by atoms with van der Waals surface area (Å²) in [5, 5.41) is 2.90. The Balaban J connectivity index is 2.03. The first-order valence-corrected chi connectivity index (χ1v) is 8.96. The normalized spacial score (nSPS) is 11.3. The number of carbonyl (C=O) groups is 1. The number of amides is 1. The maximum absolute atomic E-state index is 12.8. The molecule has 0 unspecified atom stereocenters. The third-order valence-electron chi connectivity index (χ3n) is 4.52. The van der Waals surface area contributed by atoms with Gasteiger partial charge in [-0.2, -0.15) is 13.2 Å². The van der Waals surface area contributed by atoms with Crippen molar-refractivity contribution < 1.29 is 18.0 Å². The van der Waals surface area contributed by atoms with E-state index >= 15 is 0 Å². The van der Waals surface area contributed by atoms with Crippen LogP contribution in [0, 0.1) is 6.92 Å². The minimum absolute atomic E-state index is 0.127. The third kappa shape index (κ3) is 4.42. The molecule has 0 fully saturated rings. The maximum atomic E-state index is 12.8. The van der Waals surface area contributed by atoms with E-state index in [0.29, 0.717) is 17.7 Å². The van der Waals surface area contributed by atoms with Gasteiger partial charge in [0.2, 0.25) is 5.91 Å². The number of alkyl halides is 3. The molecule has 0 aliphatic rings. The van der Waals surface area contributed by atoms with E-state index in [-0.39, 0.29) is 5.91 Å². The van der Waals surface area contributed by atoms with Gasteiger partial charge >= 0.3 is 6.18 Å². The Morgan fingerprint density at radius 1 is 0.857 bits per heavy atom. The zero-order chi connectivity index (χ0) is 20.3. The Morgan fingerprint density at radius 2 is 1.43 bits per heavy atom. The molecular weight excluding hydrogens is 363 g/mol. The zero-order valence-corrected chi connectivity index (χ0v) is 15.6. The average Bonchev–Trinajstić information content (AvgIpc) is 2.68. The summed E-state index contributed by atoms with van der Waals surface area (Å²) in [7, 11) is 0. The van der Waals surface area contributed by atoms with E-state index in [1.165, 1.54) is 12.1 Å². The number of hydrogen-bond acceptors (Lipinski definition) is 1. The molecule has 1 amide bonds. The van der Waals surface area contributed by atoms with Crippen LogP contribution in [0.4, 0.5) is 18.9 Å². The summed E-state index contributed by atoms with van der Waals surface area (Å²) in [5.41, 5.74) is 4.27. The largest absolute Gasteiger partial charge is 0.416 e. The lowest BCUT2D eigenvalue weighted by atomic mass is 9.97. The Bertz CT molecular complexity index is 974. The molecule has 0 atom stereocenters. The van der Waals surface area contributed by atoms with Gasteiger partial charge in [-0.25, -0.2) is 0 Å². The van der Waals surface area contributed by atoms with Crippen molar-refractivity contribution in [2.75, 3.05) is 5.32 Å². The molecule has 0 spiro atoms. The van der Waals surface area contributed by atoms with Crippen molar-refractivity contribution in [2.24, 2.45) is 0 Å². The van der Waals surface area contributed by atoms with Crippen molar-refractivity contribution in [1.29, 1.82) is 0 Å². The van der Waals surface area contributed by atoms with Crippen LogP contribution in [0.3, 0.4) is 0 Å². The van der Waals surface area contributed by atoms with Gasteiger partial charge in [-0.1, -0.05) is 61.0 Å². The molecule has 1 N–H and O–H groups in total. The van der Waals surface area contributed by atoms with E-state index in [9.17, 15) is 18.0 Å². The molecule has 3 aromatic carbocycles. The summed E-state index contributed by atoms with van der Waals surface area (Å²) in [5.74, 6) is -0.127. The van der Waals surface area contributed by atoms with Gasteiger partial charge in [0.25, 0.3) is 0 Å². The molecule has 28 heavy (non-hydrogen) atoms. The number of benzene rings is 3. The molecule has 0 aromatic heterocycles. The second kappa shape index (κ2) is 7.89. The van der Waals surface area contributed by atoms with Crippen LogP contribution in [0.5, 0.6) is 0 Å². The fourth-order valence-electron chi connectivity index (χ4n) is 2.90. The van der Waals surface area contributed by atoms with Crippen LogP contribution < -0.4 is 5.32 Å². The van der Waals surface area contributed by atoms with E-state index < -0.39 is 11.7 Å². The number of halogens is 3. The van der Waals surface area contributed by atoms with Crippen LogP contribution in [-0.2, 0) is 11.0 Å². The Labute approximate surface area is 162 Å². The van der Waals surface area contributed by atoms with E-state index in [1.807, 2.05) is 43.3 Å². The monoisotopic (exact) mass is 383 g/mol. The molecule has 3 rings (SSSR count). The predicted octanol–water partition coefficient (Wildman–Crippen LogP) is 6.70. The van der Waals surface area contributed by atoms with Crippen LogP contribution in [0.2, 0.25) is 0 Å². The zero-order valence-electron chi connectivity index (χ0n) is 15.6. The molecule has 2 nitrogen and oxygen atoms in total. The standard InChI is InChI=1S/C23H20F3NO/c1-3-22(28)27-21-14-18(16-8-11-19(12-9-16)23(24,25)26)10-13-20(21)17-6-4-15(2)5-7-17/h4-14H,3H2,1-2H3,(H,27,28). The lowest BCUT2D eigenvalue weighted by Gasteiger charge is -2.14. The van der Waals surface area contributed by atoms with E-state index in [2.05, 4.69) is 5.32 Å². The Hall–Kier alpha value is -3.08. The van der Waals surface area contributed by atoms with Gasteiger partial charge in [-0.05, 0) is 41.8 Å². The average molecular weight is 383 g/mol. The van der Waals surface area contributed by atoms with Gasteiger partial charge in [-0.3, -0.25) is 4.79 Å². The lowest BCUT2D eigenvalue weighted by Crippen LogP contribution is -2.10. The van der Waals surface area contributed by atoms with Crippen LogP contribution in [0.15, 0.2) is 66.7 Å². The number of carbonyl (C=O) groups excluding carboxylic acids is 1. The molecule has 0 heterocycles. The maximum Gasteiger partial charge on any atom is 0.416 e. The molecular formula is C23H20F3NO. The number of hydrogen-bond donors (Lipinski definition) is 1. The minimum Gasteiger partial charge on any atom is -0.326 e. The summed E-state index contributed by atoms with van der Waals surface area (Å²) < 4.78 is 38.4. The van der Waals surface area contributed by atoms with E-state index in [1.54, 1.807) is 13.0 Å². The van der Waals surface area contributed by atoms with Crippen molar-refractivity contribution in [2.45, 2.75) is 26.4 Å². The summed E-state index contributed by atoms with van der Waals surface area (Å²) in [6.07, 6.45) is -4.04. The topological polar surface area (TPSA) is 29.1 Å². The molecule has 0 saturated carbocycles. The minimum atomic E-state index is -4.37. The van der Waals surface area contributed by atoms with Crippen LogP contribution in [0.1, 0.15) is 24.5 Å². The molecule has 0 aliphatic carbocycles. The molecule has 144 valence electrons. The fourth-order valence-corrected chi connectivity index (χ4v) is 2.90. The number of anilines is 1. The highest BCUT2D eigenvalue weighted by atomic mass is 19.4. The first-order chi connectivity index (χ1) is 13.3.